The van der Waals surface area contributed by atoms with E-state index in [0.29, 0.717) is 13.0 Å². The third-order valence-electron chi connectivity index (χ3n) is 2.76. The molecular weight excluding hydrogens is 240 g/mol. The Bertz CT molecular complexity index is 505. The number of benzene rings is 1. The van der Waals surface area contributed by atoms with Crippen molar-refractivity contribution in [3.63, 3.8) is 0 Å². The molecule has 1 amide bonds. The Labute approximate surface area is 112 Å². The fraction of sp³-hybridized carbons (Fsp3) is 0.286. The minimum absolute atomic E-state index is 0.0234. The average Bonchev–Trinajstić information content (AvgIpc) is 2.94. The first kappa shape index (κ1) is 13.3. The third-order valence-corrected chi connectivity index (χ3v) is 2.76. The van der Waals surface area contributed by atoms with Gasteiger partial charge in [-0.05, 0) is 30.3 Å². The van der Waals surface area contributed by atoms with Crippen molar-refractivity contribution in [1.29, 1.82) is 0 Å². The van der Waals surface area contributed by atoms with Crippen LogP contribution in [0, 0.1) is 0 Å². The van der Waals surface area contributed by atoms with Crippen molar-refractivity contribution in [1.82, 2.24) is 15.5 Å². The molecule has 0 atom stereocenters. The molecule has 1 aromatic heterocycles. The van der Waals surface area contributed by atoms with Crippen molar-refractivity contribution in [2.24, 2.45) is 0 Å². The Morgan fingerprint density at radius 1 is 1.26 bits per heavy atom. The quantitative estimate of drug-likeness (QED) is 0.694. The van der Waals surface area contributed by atoms with Crippen molar-refractivity contribution in [3.05, 3.63) is 36.5 Å². The van der Waals surface area contributed by atoms with Crippen LogP contribution in [0.2, 0.25) is 0 Å². The summed E-state index contributed by atoms with van der Waals surface area (Å²) in [6.45, 7) is 3.60. The second kappa shape index (κ2) is 6.70. The minimum atomic E-state index is 0.0234. The van der Waals surface area contributed by atoms with E-state index in [2.05, 4.69) is 20.8 Å². The Hall–Kier alpha value is -2.14. The summed E-state index contributed by atoms with van der Waals surface area (Å²) in [6, 6.07) is 9.59. The summed E-state index contributed by atoms with van der Waals surface area (Å²) in [5, 5.41) is 12.8. The SMILES string of the molecule is CCNCCC(=O)Nc1ccc(-c2ccn[nH]2)cc1. The van der Waals surface area contributed by atoms with Crippen LogP contribution in [-0.2, 0) is 4.79 Å². The van der Waals surface area contributed by atoms with Crippen LogP contribution in [0.25, 0.3) is 11.3 Å². The monoisotopic (exact) mass is 258 g/mol. The topological polar surface area (TPSA) is 69.8 Å². The highest BCUT2D eigenvalue weighted by molar-refractivity contribution is 5.91. The van der Waals surface area contributed by atoms with Crippen LogP contribution in [0.3, 0.4) is 0 Å². The summed E-state index contributed by atoms with van der Waals surface area (Å²) in [5.74, 6) is 0.0234. The van der Waals surface area contributed by atoms with E-state index in [-0.39, 0.29) is 5.91 Å². The van der Waals surface area contributed by atoms with Crippen LogP contribution in [-0.4, -0.2) is 29.2 Å². The Morgan fingerprint density at radius 2 is 2.05 bits per heavy atom. The predicted molar refractivity (Wildman–Crippen MR) is 75.8 cm³/mol. The summed E-state index contributed by atoms with van der Waals surface area (Å²) in [7, 11) is 0. The van der Waals surface area contributed by atoms with Crippen LogP contribution >= 0.6 is 0 Å². The number of nitrogens with one attached hydrogen (secondary N) is 3. The molecule has 3 N–H and O–H groups in total. The largest absolute Gasteiger partial charge is 0.326 e. The van der Waals surface area contributed by atoms with Gasteiger partial charge in [-0.2, -0.15) is 5.10 Å². The number of aromatic amines is 1. The van der Waals surface area contributed by atoms with E-state index < -0.39 is 0 Å². The van der Waals surface area contributed by atoms with E-state index >= 15 is 0 Å². The number of carbonyl (C=O) groups is 1. The number of hydrogen-bond donors (Lipinski definition) is 3. The van der Waals surface area contributed by atoms with Crippen molar-refractivity contribution >= 4 is 11.6 Å². The lowest BCUT2D eigenvalue weighted by Gasteiger charge is -2.06. The molecule has 1 heterocycles. The second-order valence-electron chi connectivity index (χ2n) is 4.20. The highest BCUT2D eigenvalue weighted by Gasteiger charge is 2.03. The van der Waals surface area contributed by atoms with Gasteiger partial charge in [0.2, 0.25) is 5.91 Å². The smallest absolute Gasteiger partial charge is 0.225 e. The third kappa shape index (κ3) is 3.93. The number of aromatic nitrogens is 2. The standard InChI is InChI=1S/C14H18N4O/c1-2-15-9-8-14(19)17-12-5-3-11(4-6-12)13-7-10-16-18-13/h3-7,10,15H,2,8-9H2,1H3,(H,16,18)(H,17,19). The number of amides is 1. The van der Waals surface area contributed by atoms with Crippen molar-refractivity contribution in [2.45, 2.75) is 13.3 Å². The lowest BCUT2D eigenvalue weighted by molar-refractivity contribution is -0.116. The molecule has 0 bridgehead atoms. The summed E-state index contributed by atoms with van der Waals surface area (Å²) in [4.78, 5) is 11.6. The van der Waals surface area contributed by atoms with Gasteiger partial charge in [-0.15, -0.1) is 0 Å². The zero-order valence-corrected chi connectivity index (χ0v) is 10.9. The summed E-state index contributed by atoms with van der Waals surface area (Å²) >= 11 is 0. The van der Waals surface area contributed by atoms with E-state index in [1.54, 1.807) is 6.20 Å². The van der Waals surface area contributed by atoms with Gasteiger partial charge in [0.1, 0.15) is 0 Å². The number of nitrogens with zero attached hydrogens (tertiary/aromatic N) is 1. The van der Waals surface area contributed by atoms with E-state index in [1.165, 1.54) is 0 Å². The molecule has 1 aromatic carbocycles. The van der Waals surface area contributed by atoms with Crippen LogP contribution in [0.5, 0.6) is 0 Å². The van der Waals surface area contributed by atoms with Gasteiger partial charge in [-0.1, -0.05) is 19.1 Å². The molecule has 100 valence electrons. The Balaban J connectivity index is 1.90. The van der Waals surface area contributed by atoms with Gasteiger partial charge in [0.25, 0.3) is 0 Å². The number of H-pyrrole nitrogens is 1. The fourth-order valence-electron chi connectivity index (χ4n) is 1.75. The van der Waals surface area contributed by atoms with Gasteiger partial charge in [0.15, 0.2) is 0 Å². The van der Waals surface area contributed by atoms with Crippen LogP contribution in [0.15, 0.2) is 36.5 Å². The van der Waals surface area contributed by atoms with Gasteiger partial charge in [-0.25, -0.2) is 0 Å². The van der Waals surface area contributed by atoms with Crippen LogP contribution in [0.1, 0.15) is 13.3 Å². The molecule has 2 aromatic rings. The first-order chi connectivity index (χ1) is 9.29. The molecule has 0 unspecified atom stereocenters. The summed E-state index contributed by atoms with van der Waals surface area (Å²) in [5.41, 5.74) is 2.82. The van der Waals surface area contributed by atoms with Gasteiger partial charge in [0.05, 0.1) is 5.69 Å². The summed E-state index contributed by atoms with van der Waals surface area (Å²) in [6.07, 6.45) is 2.20. The molecule has 5 nitrogen and oxygen atoms in total. The second-order valence-corrected chi connectivity index (χ2v) is 4.20. The molecule has 0 saturated carbocycles. The molecule has 0 aliphatic heterocycles. The molecule has 19 heavy (non-hydrogen) atoms. The number of hydrogen-bond acceptors (Lipinski definition) is 3. The number of anilines is 1. The van der Waals surface area contributed by atoms with E-state index in [0.717, 1.165) is 23.5 Å². The van der Waals surface area contributed by atoms with Crippen molar-refractivity contribution in [3.8, 4) is 11.3 Å². The maximum absolute atomic E-state index is 11.6. The lowest BCUT2D eigenvalue weighted by Crippen LogP contribution is -2.21. The van der Waals surface area contributed by atoms with E-state index in [9.17, 15) is 4.79 Å². The molecule has 0 fully saturated rings. The normalized spacial score (nSPS) is 10.4. The van der Waals surface area contributed by atoms with E-state index in [4.69, 9.17) is 0 Å². The molecular formula is C14H18N4O. The molecule has 0 saturated heterocycles. The number of rotatable bonds is 6. The van der Waals surface area contributed by atoms with Crippen molar-refractivity contribution < 1.29 is 4.79 Å². The minimum Gasteiger partial charge on any atom is -0.326 e. The Kier molecular flexibility index (Phi) is 4.69. The van der Waals surface area contributed by atoms with Gasteiger partial charge in [-0.3, -0.25) is 9.89 Å². The van der Waals surface area contributed by atoms with Crippen LogP contribution in [0.4, 0.5) is 5.69 Å². The maximum atomic E-state index is 11.6. The summed E-state index contributed by atoms with van der Waals surface area (Å²) < 4.78 is 0. The molecule has 0 aliphatic rings. The first-order valence-corrected chi connectivity index (χ1v) is 6.40. The number of carbonyl (C=O) groups excluding carboxylic acids is 1. The highest BCUT2D eigenvalue weighted by atomic mass is 16.1. The predicted octanol–water partition coefficient (Wildman–Crippen LogP) is 2.01. The van der Waals surface area contributed by atoms with Gasteiger partial charge < -0.3 is 10.6 Å². The fourth-order valence-corrected chi connectivity index (χ4v) is 1.75. The van der Waals surface area contributed by atoms with Gasteiger partial charge in [0, 0.05) is 24.8 Å². The Morgan fingerprint density at radius 3 is 2.68 bits per heavy atom. The lowest BCUT2D eigenvalue weighted by atomic mass is 10.1. The molecule has 0 spiro atoms. The maximum Gasteiger partial charge on any atom is 0.225 e. The zero-order chi connectivity index (χ0) is 13.5. The van der Waals surface area contributed by atoms with Crippen LogP contribution < -0.4 is 10.6 Å². The molecule has 0 aliphatic carbocycles. The molecule has 5 heteroatoms. The van der Waals surface area contributed by atoms with Crippen molar-refractivity contribution in [2.75, 3.05) is 18.4 Å². The average molecular weight is 258 g/mol. The molecule has 0 radical (unpaired) electrons. The molecule has 2 rings (SSSR count). The van der Waals surface area contributed by atoms with Gasteiger partial charge >= 0.3 is 0 Å². The first-order valence-electron chi connectivity index (χ1n) is 6.40. The highest BCUT2D eigenvalue weighted by Crippen LogP contribution is 2.18. The van der Waals surface area contributed by atoms with E-state index in [1.807, 2.05) is 37.3 Å². The zero-order valence-electron chi connectivity index (χ0n) is 10.9.